The van der Waals surface area contributed by atoms with E-state index in [0.717, 1.165) is 5.56 Å². The number of hydrogen-bond donors (Lipinski definition) is 1. The second-order valence-electron chi connectivity index (χ2n) is 4.15. The van der Waals surface area contributed by atoms with Crippen molar-refractivity contribution in [3.8, 4) is 0 Å². The molecule has 0 aliphatic carbocycles. The highest BCUT2D eigenvalue weighted by atomic mass is 31.2. The highest BCUT2D eigenvalue weighted by molar-refractivity contribution is 7.53. The molecule has 0 saturated carbocycles. The van der Waals surface area contributed by atoms with Gasteiger partial charge < -0.3 is 14.8 Å². The Morgan fingerprint density at radius 2 is 1.67 bits per heavy atom. The highest BCUT2D eigenvalue weighted by Crippen LogP contribution is 2.50. The van der Waals surface area contributed by atoms with Crippen molar-refractivity contribution in [1.82, 2.24) is 0 Å². The SMILES string of the molecule is CCOP(=O)(C[C@@H](N)c1ccc(C)cc1)OCC. The van der Waals surface area contributed by atoms with Crippen molar-refractivity contribution >= 4 is 7.60 Å². The molecular formula is C13H22NO3P. The molecule has 0 bridgehead atoms. The van der Waals surface area contributed by atoms with Gasteiger partial charge in [-0.05, 0) is 26.3 Å². The van der Waals surface area contributed by atoms with Gasteiger partial charge in [0.1, 0.15) is 0 Å². The zero-order valence-electron chi connectivity index (χ0n) is 11.3. The lowest BCUT2D eigenvalue weighted by Crippen LogP contribution is -2.17. The molecule has 1 rings (SSSR count). The summed E-state index contributed by atoms with van der Waals surface area (Å²) < 4.78 is 22.8. The Kier molecular flexibility index (Phi) is 6.03. The topological polar surface area (TPSA) is 61.5 Å². The van der Waals surface area contributed by atoms with E-state index in [0.29, 0.717) is 13.2 Å². The molecule has 1 atom stereocenters. The summed E-state index contributed by atoms with van der Waals surface area (Å²) >= 11 is 0. The van der Waals surface area contributed by atoms with Crippen molar-refractivity contribution in [3.63, 3.8) is 0 Å². The smallest absolute Gasteiger partial charge is 0.323 e. The number of hydrogen-bond acceptors (Lipinski definition) is 4. The van der Waals surface area contributed by atoms with Gasteiger partial charge in [0.05, 0.1) is 19.4 Å². The van der Waals surface area contributed by atoms with Gasteiger partial charge in [0.15, 0.2) is 0 Å². The van der Waals surface area contributed by atoms with Crippen LogP contribution in [0.2, 0.25) is 0 Å². The molecule has 0 aromatic heterocycles. The summed E-state index contributed by atoms with van der Waals surface area (Å²) in [5.41, 5.74) is 8.17. The Morgan fingerprint density at radius 3 is 2.11 bits per heavy atom. The molecule has 0 saturated heterocycles. The van der Waals surface area contributed by atoms with E-state index in [1.807, 2.05) is 31.2 Å². The molecular weight excluding hydrogens is 249 g/mol. The Bertz CT molecular complexity index is 395. The minimum absolute atomic E-state index is 0.206. The van der Waals surface area contributed by atoms with Gasteiger partial charge >= 0.3 is 7.60 Å². The van der Waals surface area contributed by atoms with Crippen molar-refractivity contribution in [1.29, 1.82) is 0 Å². The van der Waals surface area contributed by atoms with Crippen molar-refractivity contribution in [2.45, 2.75) is 26.8 Å². The van der Waals surface area contributed by atoms with Crippen LogP contribution in [0.1, 0.15) is 31.0 Å². The average molecular weight is 271 g/mol. The van der Waals surface area contributed by atoms with Gasteiger partial charge in [0, 0.05) is 6.04 Å². The zero-order chi connectivity index (χ0) is 13.6. The summed E-state index contributed by atoms with van der Waals surface area (Å²) in [6.07, 6.45) is 0.206. The summed E-state index contributed by atoms with van der Waals surface area (Å²) in [5.74, 6) is 0. The molecule has 1 aromatic carbocycles. The van der Waals surface area contributed by atoms with E-state index in [9.17, 15) is 4.57 Å². The number of nitrogens with two attached hydrogens (primary N) is 1. The van der Waals surface area contributed by atoms with Crippen molar-refractivity contribution < 1.29 is 13.6 Å². The predicted molar refractivity (Wildman–Crippen MR) is 73.8 cm³/mol. The van der Waals surface area contributed by atoms with Crippen LogP contribution in [-0.4, -0.2) is 19.4 Å². The lowest BCUT2D eigenvalue weighted by molar-refractivity contribution is 0.218. The quantitative estimate of drug-likeness (QED) is 0.773. The first-order valence-electron chi connectivity index (χ1n) is 6.21. The highest BCUT2D eigenvalue weighted by Gasteiger charge is 2.27. The van der Waals surface area contributed by atoms with Crippen LogP contribution in [0.25, 0.3) is 0 Å². The summed E-state index contributed by atoms with van der Waals surface area (Å²) in [6, 6.07) is 7.53. The van der Waals surface area contributed by atoms with Gasteiger partial charge in [-0.3, -0.25) is 4.57 Å². The molecule has 18 heavy (non-hydrogen) atoms. The van der Waals surface area contributed by atoms with E-state index >= 15 is 0 Å². The van der Waals surface area contributed by atoms with Crippen LogP contribution >= 0.6 is 7.60 Å². The monoisotopic (exact) mass is 271 g/mol. The van der Waals surface area contributed by atoms with E-state index in [-0.39, 0.29) is 12.2 Å². The van der Waals surface area contributed by atoms with E-state index < -0.39 is 7.60 Å². The van der Waals surface area contributed by atoms with Crippen LogP contribution in [-0.2, 0) is 13.6 Å². The fraction of sp³-hybridized carbons (Fsp3) is 0.538. The third kappa shape index (κ3) is 4.54. The fourth-order valence-electron chi connectivity index (χ4n) is 1.70. The van der Waals surface area contributed by atoms with Crippen LogP contribution < -0.4 is 5.73 Å². The molecule has 0 amide bonds. The molecule has 2 N–H and O–H groups in total. The van der Waals surface area contributed by atoms with Crippen LogP contribution in [0.3, 0.4) is 0 Å². The van der Waals surface area contributed by atoms with E-state index in [4.69, 9.17) is 14.8 Å². The van der Waals surface area contributed by atoms with Gasteiger partial charge in [0.2, 0.25) is 0 Å². The summed E-state index contributed by atoms with van der Waals surface area (Å²) in [5, 5.41) is 0. The average Bonchev–Trinajstić information content (AvgIpc) is 2.30. The number of benzene rings is 1. The lowest BCUT2D eigenvalue weighted by Gasteiger charge is -2.21. The summed E-state index contributed by atoms with van der Waals surface area (Å²) in [4.78, 5) is 0. The molecule has 0 heterocycles. The van der Waals surface area contributed by atoms with Crippen LogP contribution in [0, 0.1) is 6.92 Å². The van der Waals surface area contributed by atoms with Crippen molar-refractivity contribution in [2.24, 2.45) is 5.73 Å². The van der Waals surface area contributed by atoms with Crippen LogP contribution in [0.15, 0.2) is 24.3 Å². The normalized spacial score (nSPS) is 13.6. The largest absolute Gasteiger partial charge is 0.332 e. The summed E-state index contributed by atoms with van der Waals surface area (Å²) in [7, 11) is -3.08. The second kappa shape index (κ2) is 7.05. The Hall–Kier alpha value is -0.670. The van der Waals surface area contributed by atoms with Crippen molar-refractivity contribution in [3.05, 3.63) is 35.4 Å². The number of aryl methyl sites for hydroxylation is 1. The third-order valence-electron chi connectivity index (χ3n) is 2.58. The Labute approximate surface area is 109 Å². The minimum Gasteiger partial charge on any atom is -0.323 e. The standard InChI is InChI=1S/C13H22NO3P/c1-4-16-18(15,17-5-2)10-13(14)12-8-6-11(3)7-9-12/h6-9,13H,4-5,10,14H2,1-3H3/t13-/m1/s1. The Balaban J connectivity index is 2.74. The van der Waals surface area contributed by atoms with Crippen molar-refractivity contribution in [2.75, 3.05) is 19.4 Å². The van der Waals surface area contributed by atoms with Gasteiger partial charge in [-0.25, -0.2) is 0 Å². The lowest BCUT2D eigenvalue weighted by atomic mass is 10.1. The molecule has 0 radical (unpaired) electrons. The fourth-order valence-corrected chi connectivity index (χ4v) is 3.46. The molecule has 0 aliphatic rings. The molecule has 0 spiro atoms. The molecule has 4 nitrogen and oxygen atoms in total. The molecule has 102 valence electrons. The molecule has 0 aliphatic heterocycles. The third-order valence-corrected chi connectivity index (χ3v) is 4.72. The maximum atomic E-state index is 12.3. The molecule has 5 heteroatoms. The molecule has 1 aromatic rings. The van der Waals surface area contributed by atoms with Crippen LogP contribution in [0.4, 0.5) is 0 Å². The molecule has 0 fully saturated rings. The molecule has 0 unspecified atom stereocenters. The first kappa shape index (κ1) is 15.4. The predicted octanol–water partition coefficient (Wildman–Crippen LogP) is 3.26. The second-order valence-corrected chi connectivity index (χ2v) is 6.25. The van der Waals surface area contributed by atoms with E-state index in [1.165, 1.54) is 5.56 Å². The van der Waals surface area contributed by atoms with Gasteiger partial charge in [0.25, 0.3) is 0 Å². The minimum atomic E-state index is -3.08. The first-order valence-corrected chi connectivity index (χ1v) is 7.94. The van der Waals surface area contributed by atoms with Gasteiger partial charge in [-0.1, -0.05) is 29.8 Å². The first-order chi connectivity index (χ1) is 8.50. The maximum Gasteiger partial charge on any atom is 0.332 e. The van der Waals surface area contributed by atoms with E-state index in [1.54, 1.807) is 13.8 Å². The van der Waals surface area contributed by atoms with Gasteiger partial charge in [-0.2, -0.15) is 0 Å². The zero-order valence-corrected chi connectivity index (χ0v) is 12.2. The van der Waals surface area contributed by atoms with Gasteiger partial charge in [-0.15, -0.1) is 0 Å². The Morgan fingerprint density at radius 1 is 1.17 bits per heavy atom. The van der Waals surface area contributed by atoms with E-state index in [2.05, 4.69) is 0 Å². The number of rotatable bonds is 7. The summed E-state index contributed by atoms with van der Waals surface area (Å²) in [6.45, 7) is 6.32. The van der Waals surface area contributed by atoms with Crippen LogP contribution in [0.5, 0.6) is 0 Å². The maximum absolute atomic E-state index is 12.3.